The molecule has 44 heavy (non-hydrogen) atoms. The summed E-state index contributed by atoms with van der Waals surface area (Å²) < 4.78 is 21.1. The van der Waals surface area contributed by atoms with E-state index in [1.54, 1.807) is 7.11 Å². The van der Waals surface area contributed by atoms with E-state index in [9.17, 15) is 0 Å². The van der Waals surface area contributed by atoms with Crippen LogP contribution in [0.15, 0.2) is 146 Å². The molecule has 0 N–H and O–H groups in total. The van der Waals surface area contributed by atoms with E-state index in [4.69, 9.17) is 14.0 Å². The van der Waals surface area contributed by atoms with Gasteiger partial charge in [-0.25, -0.2) is 0 Å². The van der Waals surface area contributed by atoms with Gasteiger partial charge < -0.3 is 14.0 Å². The predicted molar refractivity (Wildman–Crippen MR) is 187 cm³/mol. The predicted octanol–water partition coefficient (Wildman–Crippen LogP) is 7.32. The fraction of sp³-hybridized carbons (Fsp3) is 0.211. The number of ether oxygens (including phenoxy) is 2. The van der Waals surface area contributed by atoms with Crippen molar-refractivity contribution in [2.45, 2.75) is 25.7 Å². The van der Waals surface area contributed by atoms with Gasteiger partial charge in [-0.1, -0.05) is 146 Å². The summed E-state index contributed by atoms with van der Waals surface area (Å²) in [6.07, 6.45) is -0.174. The van der Waals surface area contributed by atoms with Crippen molar-refractivity contribution >= 4 is 37.4 Å². The second-order valence-corrected chi connectivity index (χ2v) is 14.6. The van der Waals surface area contributed by atoms with Gasteiger partial charge in [-0.15, -0.1) is 0 Å². The van der Waals surface area contributed by atoms with Gasteiger partial charge in [0.15, 0.2) is 0 Å². The van der Waals surface area contributed by atoms with Crippen LogP contribution in [0.3, 0.4) is 0 Å². The summed E-state index contributed by atoms with van der Waals surface area (Å²) in [5.41, 5.74) is 2.37. The van der Waals surface area contributed by atoms with E-state index in [0.29, 0.717) is 19.8 Å². The van der Waals surface area contributed by atoms with Gasteiger partial charge in [0.1, 0.15) is 6.10 Å². The minimum Gasteiger partial charge on any atom is -0.382 e. The Hall–Kier alpha value is -3.20. The summed E-state index contributed by atoms with van der Waals surface area (Å²) in [7, 11) is 1.98. The number of benzene rings is 5. The lowest BCUT2D eigenvalue weighted by Crippen LogP contribution is -2.38. The molecule has 0 amide bonds. The maximum absolute atomic E-state index is 7.33. The Morgan fingerprint density at radius 2 is 1.11 bits per heavy atom. The Morgan fingerprint density at radius 3 is 1.68 bits per heavy atom. The molecule has 0 aromatic heterocycles. The van der Waals surface area contributed by atoms with Crippen LogP contribution in [0.2, 0.25) is 0 Å². The number of hydrogen-bond acceptors (Lipinski definition) is 4. The van der Waals surface area contributed by atoms with Crippen molar-refractivity contribution in [2.24, 2.45) is 0 Å². The summed E-state index contributed by atoms with van der Waals surface area (Å²) >= 11 is 0. The van der Waals surface area contributed by atoms with Gasteiger partial charge in [0.25, 0.3) is 0 Å². The second-order valence-electron chi connectivity index (χ2n) is 10.5. The van der Waals surface area contributed by atoms with Crippen LogP contribution in [0.25, 0.3) is 0 Å². The van der Waals surface area contributed by atoms with Crippen molar-refractivity contribution in [2.75, 3.05) is 27.4 Å². The minimum atomic E-state index is -1.07. The van der Waals surface area contributed by atoms with Gasteiger partial charge in [0.05, 0.1) is 28.0 Å². The number of hydrogen-bond donors (Lipinski definition) is 0. The van der Waals surface area contributed by atoms with Gasteiger partial charge in [-0.3, -0.25) is 4.67 Å². The molecule has 0 aliphatic carbocycles. The molecule has 4 nitrogen and oxygen atoms in total. The van der Waals surface area contributed by atoms with E-state index >= 15 is 0 Å². The first-order valence-electron chi connectivity index (χ1n) is 15.0. The average molecular weight is 622 g/mol. The molecule has 5 aromatic rings. The van der Waals surface area contributed by atoms with Crippen molar-refractivity contribution in [3.8, 4) is 0 Å². The SMILES string of the molecule is COCCOCc1ccccc1P(c1ccccc1)N(C)[C@H](C)[C@@H](OP(c1ccccc1)c1ccccc1)c1ccccc1. The summed E-state index contributed by atoms with van der Waals surface area (Å²) in [5, 5.41) is 4.99. The zero-order chi connectivity index (χ0) is 30.6. The second kappa shape index (κ2) is 16.8. The molecule has 0 aliphatic heterocycles. The third-order valence-electron chi connectivity index (χ3n) is 7.58. The fourth-order valence-electron chi connectivity index (χ4n) is 5.18. The Balaban J connectivity index is 1.54. The van der Waals surface area contributed by atoms with E-state index < -0.39 is 16.2 Å². The molecule has 5 aromatic carbocycles. The minimum absolute atomic E-state index is 0.0450. The molecule has 0 radical (unpaired) electrons. The van der Waals surface area contributed by atoms with Gasteiger partial charge in [-0.2, -0.15) is 0 Å². The van der Waals surface area contributed by atoms with Crippen LogP contribution < -0.4 is 21.2 Å². The third kappa shape index (κ3) is 8.29. The highest BCUT2D eigenvalue weighted by Crippen LogP contribution is 2.47. The van der Waals surface area contributed by atoms with Crippen molar-refractivity contribution in [1.29, 1.82) is 0 Å². The first-order chi connectivity index (χ1) is 21.7. The van der Waals surface area contributed by atoms with Crippen LogP contribution in [-0.2, 0) is 20.6 Å². The molecule has 1 unspecified atom stereocenters. The molecule has 0 saturated carbocycles. The molecule has 226 valence electrons. The highest BCUT2D eigenvalue weighted by molar-refractivity contribution is 7.71. The van der Waals surface area contributed by atoms with Crippen molar-refractivity contribution in [1.82, 2.24) is 4.67 Å². The zero-order valence-electron chi connectivity index (χ0n) is 25.7. The summed E-state index contributed by atoms with van der Waals surface area (Å²) in [4.78, 5) is 0. The Morgan fingerprint density at radius 1 is 0.614 bits per heavy atom. The van der Waals surface area contributed by atoms with Crippen molar-refractivity contribution in [3.63, 3.8) is 0 Å². The molecule has 0 fully saturated rings. The van der Waals surface area contributed by atoms with Gasteiger partial charge >= 0.3 is 0 Å². The molecule has 6 heteroatoms. The number of nitrogens with zero attached hydrogens (tertiary/aromatic N) is 1. The van der Waals surface area contributed by atoms with Gasteiger partial charge in [-0.05, 0) is 30.4 Å². The van der Waals surface area contributed by atoms with Crippen LogP contribution in [0.5, 0.6) is 0 Å². The largest absolute Gasteiger partial charge is 0.382 e. The molecule has 0 aliphatic rings. The quantitative estimate of drug-likeness (QED) is 0.0906. The Labute approximate surface area is 265 Å². The Bertz CT molecular complexity index is 1480. The van der Waals surface area contributed by atoms with Crippen LogP contribution >= 0.6 is 16.2 Å². The maximum Gasteiger partial charge on any atom is 0.103 e. The summed E-state index contributed by atoms with van der Waals surface area (Å²) in [6, 6.07) is 51.5. The van der Waals surface area contributed by atoms with Crippen LogP contribution in [0.4, 0.5) is 0 Å². The van der Waals surface area contributed by atoms with Crippen molar-refractivity contribution < 1.29 is 14.0 Å². The molecular weight excluding hydrogens is 580 g/mol. The van der Waals surface area contributed by atoms with Gasteiger partial charge in [0.2, 0.25) is 0 Å². The van der Waals surface area contributed by atoms with Crippen LogP contribution in [0.1, 0.15) is 24.2 Å². The molecule has 0 bridgehead atoms. The van der Waals surface area contributed by atoms with E-state index in [-0.39, 0.29) is 12.1 Å². The molecule has 0 heterocycles. The highest BCUT2D eigenvalue weighted by atomic mass is 31.1. The zero-order valence-corrected chi connectivity index (χ0v) is 27.5. The molecular formula is C38H41NO3P2. The smallest absolute Gasteiger partial charge is 0.103 e. The monoisotopic (exact) mass is 621 g/mol. The topological polar surface area (TPSA) is 30.9 Å². The summed E-state index contributed by atoms with van der Waals surface area (Å²) in [5.74, 6) is 0. The van der Waals surface area contributed by atoms with Gasteiger partial charge in [0, 0.05) is 37.1 Å². The summed E-state index contributed by atoms with van der Waals surface area (Å²) in [6.45, 7) is 3.98. The maximum atomic E-state index is 7.33. The average Bonchev–Trinajstić information content (AvgIpc) is 3.09. The number of methoxy groups -OCH3 is 1. The molecule has 3 atom stereocenters. The first kappa shape index (κ1) is 32.2. The third-order valence-corrected chi connectivity index (χ3v) is 12.2. The normalized spacial score (nSPS) is 13.6. The lowest BCUT2D eigenvalue weighted by Gasteiger charge is -2.39. The fourth-order valence-corrected chi connectivity index (χ4v) is 9.70. The Kier molecular flexibility index (Phi) is 12.3. The first-order valence-corrected chi connectivity index (χ1v) is 17.6. The van der Waals surface area contributed by atoms with E-state index in [1.807, 2.05) is 0 Å². The number of rotatable bonds is 15. The molecule has 0 saturated heterocycles. The van der Waals surface area contributed by atoms with E-state index in [0.717, 1.165) is 0 Å². The number of likely N-dealkylation sites (N-methyl/N-ethyl adjacent to an activating group) is 1. The standard InChI is InChI=1S/C38H41NO3P2/c1-31(39(2)43(34-21-10-5-11-22-34)37-27-17-16-20-33(37)30-41-29-28-40-3)38(32-18-8-4-9-19-32)42-44(35-23-12-6-13-24-35)36-25-14-7-15-26-36/h4-27,31,38H,28-30H2,1-3H3/t31-,38-,43?/m1/s1. The lowest BCUT2D eigenvalue weighted by molar-refractivity contribution is 0.0620. The molecule has 0 spiro atoms. The highest BCUT2D eigenvalue weighted by Gasteiger charge is 2.33. The van der Waals surface area contributed by atoms with E-state index in [2.05, 4.69) is 164 Å². The van der Waals surface area contributed by atoms with E-state index in [1.165, 1.54) is 32.3 Å². The molecule has 5 rings (SSSR count). The van der Waals surface area contributed by atoms with Crippen LogP contribution in [-0.4, -0.2) is 38.1 Å². The van der Waals surface area contributed by atoms with Crippen molar-refractivity contribution in [3.05, 3.63) is 157 Å². The lowest BCUT2D eigenvalue weighted by atomic mass is 10.0. The van der Waals surface area contributed by atoms with Crippen LogP contribution in [0, 0.1) is 0 Å².